The van der Waals surface area contributed by atoms with E-state index in [2.05, 4.69) is 4.90 Å². The molecule has 6 atom stereocenters. The first-order valence-electron chi connectivity index (χ1n) is 7.03. The lowest BCUT2D eigenvalue weighted by Gasteiger charge is -2.42. The van der Waals surface area contributed by atoms with Crippen LogP contribution in [0.2, 0.25) is 0 Å². The molecule has 0 spiro atoms. The number of nitrogens with zero attached hydrogens (tertiary/aromatic N) is 1. The predicted molar refractivity (Wildman–Crippen MR) is 61.7 cm³/mol. The Bertz CT molecular complexity index is 340. The average molecular weight is 219 g/mol. The summed E-state index contributed by atoms with van der Waals surface area (Å²) in [6, 6.07) is 0.636. The Morgan fingerprint density at radius 2 is 1.69 bits per heavy atom. The fraction of sp³-hybridized carbons (Fsp3) is 0.929. The zero-order chi connectivity index (χ0) is 10.9. The molecule has 2 bridgehead atoms. The minimum Gasteiger partial charge on any atom is -0.342 e. The first-order chi connectivity index (χ1) is 7.77. The molecule has 4 aliphatic rings. The highest BCUT2D eigenvalue weighted by atomic mass is 16.2. The topological polar surface area (TPSA) is 20.3 Å². The van der Waals surface area contributed by atoms with Crippen LogP contribution < -0.4 is 0 Å². The molecule has 0 aromatic rings. The molecule has 0 aromatic carbocycles. The average Bonchev–Trinajstić information content (AvgIpc) is 2.91. The molecule has 0 N–H and O–H groups in total. The number of carbonyl (C=O) groups is 1. The standard InChI is InChI=1S/C14H21NO/c1-15-13(16)7-12-10-6-11(14(12)15)9-5-3-2-4-8(9)10/h8-12,14H,2-7H2,1H3. The minimum atomic E-state index is 0.420. The first-order valence-corrected chi connectivity index (χ1v) is 7.03. The maximum Gasteiger partial charge on any atom is 0.222 e. The Kier molecular flexibility index (Phi) is 1.79. The summed E-state index contributed by atoms with van der Waals surface area (Å²) in [6.45, 7) is 0. The van der Waals surface area contributed by atoms with Gasteiger partial charge in [0.2, 0.25) is 5.91 Å². The lowest BCUT2D eigenvalue weighted by molar-refractivity contribution is -0.128. The number of likely N-dealkylation sites (tertiary alicyclic amines) is 1. The smallest absolute Gasteiger partial charge is 0.222 e. The van der Waals surface area contributed by atoms with E-state index < -0.39 is 0 Å². The summed E-state index contributed by atoms with van der Waals surface area (Å²) in [5.41, 5.74) is 0. The molecule has 0 aromatic heterocycles. The lowest BCUT2D eigenvalue weighted by Crippen LogP contribution is -2.43. The van der Waals surface area contributed by atoms with Gasteiger partial charge >= 0.3 is 0 Å². The fourth-order valence-electron chi connectivity index (χ4n) is 5.73. The van der Waals surface area contributed by atoms with Crippen molar-refractivity contribution in [3.05, 3.63) is 0 Å². The van der Waals surface area contributed by atoms with Crippen LogP contribution in [0.25, 0.3) is 0 Å². The molecule has 4 rings (SSSR count). The van der Waals surface area contributed by atoms with E-state index in [1.807, 2.05) is 7.05 Å². The van der Waals surface area contributed by atoms with Gasteiger partial charge in [-0.15, -0.1) is 0 Å². The normalized spacial score (nSPS) is 54.3. The predicted octanol–water partition coefficient (Wildman–Crippen LogP) is 2.29. The third-order valence-electron chi connectivity index (χ3n) is 6.20. The van der Waals surface area contributed by atoms with Crippen LogP contribution in [0.4, 0.5) is 0 Å². The molecule has 2 nitrogen and oxygen atoms in total. The van der Waals surface area contributed by atoms with Gasteiger partial charge in [-0.1, -0.05) is 12.8 Å². The van der Waals surface area contributed by atoms with Gasteiger partial charge in [0.1, 0.15) is 0 Å². The van der Waals surface area contributed by atoms with E-state index in [-0.39, 0.29) is 0 Å². The molecule has 1 amide bonds. The van der Waals surface area contributed by atoms with Gasteiger partial charge in [-0.25, -0.2) is 0 Å². The zero-order valence-corrected chi connectivity index (χ0v) is 10.1. The van der Waals surface area contributed by atoms with Crippen molar-refractivity contribution < 1.29 is 4.79 Å². The van der Waals surface area contributed by atoms with Crippen molar-refractivity contribution in [3.63, 3.8) is 0 Å². The highest BCUT2D eigenvalue weighted by Crippen LogP contribution is 2.63. The van der Waals surface area contributed by atoms with Gasteiger partial charge in [0.25, 0.3) is 0 Å². The number of fused-ring (bicyclic) bond motifs is 8. The molecular weight excluding hydrogens is 198 g/mol. The van der Waals surface area contributed by atoms with Crippen LogP contribution in [0.3, 0.4) is 0 Å². The van der Waals surface area contributed by atoms with Gasteiger partial charge in [0.15, 0.2) is 0 Å². The minimum absolute atomic E-state index is 0.420. The Balaban J connectivity index is 1.69. The zero-order valence-electron chi connectivity index (χ0n) is 10.1. The van der Waals surface area contributed by atoms with Gasteiger partial charge in [0.05, 0.1) is 0 Å². The third-order valence-corrected chi connectivity index (χ3v) is 6.20. The first kappa shape index (κ1) is 9.49. The van der Waals surface area contributed by atoms with Crippen molar-refractivity contribution in [2.24, 2.45) is 29.6 Å². The van der Waals surface area contributed by atoms with Crippen LogP contribution in [0.15, 0.2) is 0 Å². The largest absolute Gasteiger partial charge is 0.342 e. The Morgan fingerprint density at radius 3 is 2.44 bits per heavy atom. The number of hydrogen-bond acceptors (Lipinski definition) is 1. The van der Waals surface area contributed by atoms with Crippen molar-refractivity contribution in [2.45, 2.75) is 44.6 Å². The van der Waals surface area contributed by atoms with Crippen molar-refractivity contribution in [3.8, 4) is 0 Å². The fourth-order valence-corrected chi connectivity index (χ4v) is 5.73. The SMILES string of the molecule is CN1C(=O)CC2C3CC(C4CCCCC34)C21. The summed E-state index contributed by atoms with van der Waals surface area (Å²) in [7, 11) is 2.05. The van der Waals surface area contributed by atoms with E-state index >= 15 is 0 Å². The second-order valence-corrected chi connectivity index (χ2v) is 6.54. The van der Waals surface area contributed by atoms with Crippen LogP contribution in [0.1, 0.15) is 38.5 Å². The van der Waals surface area contributed by atoms with Crippen LogP contribution >= 0.6 is 0 Å². The monoisotopic (exact) mass is 219 g/mol. The molecule has 88 valence electrons. The Morgan fingerprint density at radius 1 is 1.00 bits per heavy atom. The molecule has 6 unspecified atom stereocenters. The van der Waals surface area contributed by atoms with Crippen molar-refractivity contribution in [1.29, 1.82) is 0 Å². The molecular formula is C14H21NO. The highest BCUT2D eigenvalue weighted by Gasteiger charge is 2.62. The number of amides is 1. The van der Waals surface area contributed by atoms with E-state index in [0.717, 1.165) is 36.0 Å². The second-order valence-electron chi connectivity index (χ2n) is 6.54. The maximum atomic E-state index is 11.8. The van der Waals surface area contributed by atoms with Gasteiger partial charge in [-0.3, -0.25) is 4.79 Å². The van der Waals surface area contributed by atoms with E-state index in [1.54, 1.807) is 0 Å². The number of carbonyl (C=O) groups excluding carboxylic acids is 1. The van der Waals surface area contributed by atoms with Gasteiger partial charge in [-0.2, -0.15) is 0 Å². The maximum absolute atomic E-state index is 11.8. The van der Waals surface area contributed by atoms with Crippen LogP contribution in [0, 0.1) is 29.6 Å². The van der Waals surface area contributed by atoms with E-state index in [0.29, 0.717) is 11.9 Å². The van der Waals surface area contributed by atoms with Crippen LogP contribution in [-0.4, -0.2) is 23.9 Å². The van der Waals surface area contributed by atoms with E-state index in [9.17, 15) is 4.79 Å². The second kappa shape index (κ2) is 3.02. The summed E-state index contributed by atoms with van der Waals surface area (Å²) in [5, 5.41) is 0. The van der Waals surface area contributed by atoms with Crippen molar-refractivity contribution in [1.82, 2.24) is 4.90 Å². The number of hydrogen-bond donors (Lipinski definition) is 0. The molecule has 2 heteroatoms. The van der Waals surface area contributed by atoms with E-state index in [4.69, 9.17) is 0 Å². The van der Waals surface area contributed by atoms with Crippen LogP contribution in [0.5, 0.6) is 0 Å². The Labute approximate surface area is 97.4 Å². The van der Waals surface area contributed by atoms with Gasteiger partial charge in [0, 0.05) is 19.5 Å². The quantitative estimate of drug-likeness (QED) is 0.612. The molecule has 1 saturated heterocycles. The summed E-state index contributed by atoms with van der Waals surface area (Å²) in [5.74, 6) is 4.92. The van der Waals surface area contributed by atoms with Gasteiger partial charge in [-0.05, 0) is 48.9 Å². The van der Waals surface area contributed by atoms with Gasteiger partial charge < -0.3 is 4.90 Å². The molecule has 4 fully saturated rings. The summed E-state index contributed by atoms with van der Waals surface area (Å²) in [4.78, 5) is 13.9. The third kappa shape index (κ3) is 0.970. The van der Waals surface area contributed by atoms with Crippen molar-refractivity contribution >= 4 is 5.91 Å². The number of rotatable bonds is 0. The van der Waals surface area contributed by atoms with Crippen molar-refractivity contribution in [2.75, 3.05) is 7.05 Å². The summed E-state index contributed by atoms with van der Waals surface area (Å²) < 4.78 is 0. The summed E-state index contributed by atoms with van der Waals surface area (Å²) in [6.07, 6.45) is 8.13. The van der Waals surface area contributed by atoms with E-state index in [1.165, 1.54) is 32.1 Å². The molecule has 0 radical (unpaired) electrons. The molecule has 3 saturated carbocycles. The highest BCUT2D eigenvalue weighted by molar-refractivity contribution is 5.79. The summed E-state index contributed by atoms with van der Waals surface area (Å²) >= 11 is 0. The molecule has 1 heterocycles. The molecule has 3 aliphatic carbocycles. The molecule has 16 heavy (non-hydrogen) atoms. The van der Waals surface area contributed by atoms with Crippen LogP contribution in [-0.2, 0) is 4.79 Å². The Hall–Kier alpha value is -0.530. The molecule has 1 aliphatic heterocycles. The lowest BCUT2D eigenvalue weighted by atomic mass is 9.66.